The lowest BCUT2D eigenvalue weighted by atomic mass is 10.1. The number of carbonyl (C=O) groups is 3. The number of amides is 3. The molecule has 5 rings (SSSR count). The number of hydrogen-bond acceptors (Lipinski definition) is 5. The summed E-state index contributed by atoms with van der Waals surface area (Å²) in [5, 5.41) is 4.66. The lowest BCUT2D eigenvalue weighted by molar-refractivity contribution is -0.133. The summed E-state index contributed by atoms with van der Waals surface area (Å²) < 4.78 is 7.41. The normalized spacial score (nSPS) is 14.6. The standard InChI is InChI=1S/C25H26N4O4/c1-27-22-11-4-10-20(22)21(26-27)16-28(15-17-7-6-14-33-17)23(30)12-5-13-29-24(31)18-8-2-3-9-19(18)25(29)32/h2-3,6-9,14H,4-5,10-13,15-16H2,1H3. The van der Waals surface area contributed by atoms with Crippen LogP contribution in [-0.4, -0.2) is 43.8 Å². The van der Waals surface area contributed by atoms with Gasteiger partial charge in [-0.1, -0.05) is 12.1 Å². The molecule has 1 aliphatic carbocycles. The summed E-state index contributed by atoms with van der Waals surface area (Å²) in [6, 6.07) is 10.5. The Morgan fingerprint density at radius 2 is 1.82 bits per heavy atom. The lowest BCUT2D eigenvalue weighted by Gasteiger charge is -2.22. The lowest BCUT2D eigenvalue weighted by Crippen LogP contribution is -2.33. The predicted octanol–water partition coefficient (Wildman–Crippen LogP) is 3.11. The third-order valence-electron chi connectivity index (χ3n) is 6.47. The highest BCUT2D eigenvalue weighted by Gasteiger charge is 2.34. The van der Waals surface area contributed by atoms with Crippen molar-refractivity contribution in [2.45, 2.75) is 45.2 Å². The fraction of sp³-hybridized carbons (Fsp3) is 0.360. The number of aryl methyl sites for hydroxylation is 1. The second-order valence-electron chi connectivity index (χ2n) is 8.59. The first-order valence-electron chi connectivity index (χ1n) is 11.3. The molecule has 2 aromatic heterocycles. The molecule has 0 radical (unpaired) electrons. The van der Waals surface area contributed by atoms with E-state index in [0.717, 1.165) is 25.0 Å². The summed E-state index contributed by atoms with van der Waals surface area (Å²) in [6.07, 6.45) is 5.34. The van der Waals surface area contributed by atoms with E-state index >= 15 is 0 Å². The first-order chi connectivity index (χ1) is 16.0. The summed E-state index contributed by atoms with van der Waals surface area (Å²) in [7, 11) is 1.95. The number of aromatic nitrogens is 2. The van der Waals surface area contributed by atoms with E-state index in [-0.39, 0.29) is 30.7 Å². The number of imide groups is 1. The maximum absolute atomic E-state index is 13.2. The van der Waals surface area contributed by atoms with Gasteiger partial charge in [-0.2, -0.15) is 5.10 Å². The summed E-state index contributed by atoms with van der Waals surface area (Å²) >= 11 is 0. The van der Waals surface area contributed by atoms with Gasteiger partial charge < -0.3 is 9.32 Å². The number of fused-ring (bicyclic) bond motifs is 2. The molecular weight excluding hydrogens is 420 g/mol. The van der Waals surface area contributed by atoms with Crippen molar-refractivity contribution >= 4 is 17.7 Å². The molecule has 3 aromatic rings. The zero-order chi connectivity index (χ0) is 22.9. The molecular formula is C25H26N4O4. The highest BCUT2D eigenvalue weighted by atomic mass is 16.3. The molecule has 0 saturated heterocycles. The van der Waals surface area contributed by atoms with Gasteiger partial charge in [0.25, 0.3) is 11.8 Å². The van der Waals surface area contributed by atoms with Crippen molar-refractivity contribution in [1.29, 1.82) is 0 Å². The molecule has 8 nitrogen and oxygen atoms in total. The minimum Gasteiger partial charge on any atom is -0.467 e. The molecule has 0 saturated carbocycles. The van der Waals surface area contributed by atoms with E-state index in [0.29, 0.717) is 36.4 Å². The Bertz CT molecular complexity index is 1180. The molecule has 33 heavy (non-hydrogen) atoms. The quantitative estimate of drug-likeness (QED) is 0.496. The highest BCUT2D eigenvalue weighted by Crippen LogP contribution is 2.27. The van der Waals surface area contributed by atoms with E-state index in [4.69, 9.17) is 4.42 Å². The molecule has 0 fully saturated rings. The molecule has 0 spiro atoms. The largest absolute Gasteiger partial charge is 0.467 e. The Labute approximate surface area is 191 Å². The van der Waals surface area contributed by atoms with Gasteiger partial charge in [0.05, 0.1) is 36.2 Å². The van der Waals surface area contributed by atoms with Crippen LogP contribution < -0.4 is 0 Å². The summed E-state index contributed by atoms with van der Waals surface area (Å²) in [5.41, 5.74) is 4.29. The van der Waals surface area contributed by atoms with Crippen molar-refractivity contribution in [2.75, 3.05) is 6.54 Å². The molecule has 1 aromatic carbocycles. The van der Waals surface area contributed by atoms with Gasteiger partial charge in [0.2, 0.25) is 5.91 Å². The molecule has 3 amide bonds. The van der Waals surface area contributed by atoms with E-state index in [1.54, 1.807) is 41.5 Å². The third-order valence-corrected chi connectivity index (χ3v) is 6.47. The molecule has 0 bridgehead atoms. The van der Waals surface area contributed by atoms with Crippen molar-refractivity contribution in [3.05, 3.63) is 76.5 Å². The molecule has 1 aliphatic heterocycles. The van der Waals surface area contributed by atoms with Gasteiger partial charge in [0, 0.05) is 25.7 Å². The molecule has 2 aliphatic rings. The van der Waals surface area contributed by atoms with Gasteiger partial charge in [0.15, 0.2) is 0 Å². The smallest absolute Gasteiger partial charge is 0.261 e. The van der Waals surface area contributed by atoms with Gasteiger partial charge >= 0.3 is 0 Å². The molecule has 170 valence electrons. The Kier molecular flexibility index (Phi) is 5.58. The van der Waals surface area contributed by atoms with Crippen LogP contribution in [-0.2, 0) is 37.8 Å². The van der Waals surface area contributed by atoms with Crippen LogP contribution in [0.3, 0.4) is 0 Å². The summed E-state index contributed by atoms with van der Waals surface area (Å²) in [4.78, 5) is 41.3. The monoisotopic (exact) mass is 446 g/mol. The maximum Gasteiger partial charge on any atom is 0.261 e. The van der Waals surface area contributed by atoms with Crippen LogP contribution in [0, 0.1) is 0 Å². The fourth-order valence-corrected chi connectivity index (χ4v) is 4.82. The van der Waals surface area contributed by atoms with Crippen LogP contribution in [0.2, 0.25) is 0 Å². The number of hydrogen-bond donors (Lipinski definition) is 0. The van der Waals surface area contributed by atoms with E-state index in [1.807, 2.05) is 17.8 Å². The average Bonchev–Trinajstić information content (AvgIpc) is 3.59. The predicted molar refractivity (Wildman–Crippen MR) is 119 cm³/mol. The van der Waals surface area contributed by atoms with Gasteiger partial charge in [-0.05, 0) is 55.5 Å². The van der Waals surface area contributed by atoms with E-state index in [9.17, 15) is 14.4 Å². The van der Waals surface area contributed by atoms with Crippen molar-refractivity contribution < 1.29 is 18.8 Å². The number of benzene rings is 1. The SMILES string of the molecule is Cn1nc(CN(Cc2ccco2)C(=O)CCCN2C(=O)c3ccccc3C2=O)c2c1CCC2. The second-order valence-corrected chi connectivity index (χ2v) is 8.59. The van der Waals surface area contributed by atoms with Crippen LogP contribution >= 0.6 is 0 Å². The Hall–Kier alpha value is -3.68. The van der Waals surface area contributed by atoms with Crippen LogP contribution in [0.15, 0.2) is 47.1 Å². The van der Waals surface area contributed by atoms with E-state index in [2.05, 4.69) is 5.10 Å². The van der Waals surface area contributed by atoms with Crippen LogP contribution in [0.4, 0.5) is 0 Å². The molecule has 0 atom stereocenters. The highest BCUT2D eigenvalue weighted by molar-refractivity contribution is 6.21. The second kappa shape index (κ2) is 8.69. The van der Waals surface area contributed by atoms with Gasteiger partial charge in [-0.15, -0.1) is 0 Å². The minimum absolute atomic E-state index is 0.0552. The van der Waals surface area contributed by atoms with E-state index < -0.39 is 0 Å². The molecule has 3 heterocycles. The van der Waals surface area contributed by atoms with E-state index in [1.165, 1.54) is 16.2 Å². The Balaban J connectivity index is 1.25. The van der Waals surface area contributed by atoms with Crippen LogP contribution in [0.5, 0.6) is 0 Å². The number of carbonyl (C=O) groups excluding carboxylic acids is 3. The van der Waals surface area contributed by atoms with Gasteiger partial charge in [-0.3, -0.25) is 24.0 Å². The fourth-order valence-electron chi connectivity index (χ4n) is 4.82. The minimum atomic E-state index is -0.292. The molecule has 0 N–H and O–H groups in total. The Morgan fingerprint density at radius 3 is 2.52 bits per heavy atom. The Morgan fingerprint density at radius 1 is 1.06 bits per heavy atom. The van der Waals surface area contributed by atoms with Gasteiger partial charge in [0.1, 0.15) is 5.76 Å². The maximum atomic E-state index is 13.2. The number of nitrogens with zero attached hydrogens (tertiary/aromatic N) is 4. The zero-order valence-corrected chi connectivity index (χ0v) is 18.6. The molecule has 8 heteroatoms. The van der Waals surface area contributed by atoms with Crippen LogP contribution in [0.1, 0.15) is 62.7 Å². The first-order valence-corrected chi connectivity index (χ1v) is 11.3. The zero-order valence-electron chi connectivity index (χ0n) is 18.6. The molecule has 0 unspecified atom stereocenters. The van der Waals surface area contributed by atoms with Crippen molar-refractivity contribution in [3.63, 3.8) is 0 Å². The summed E-state index contributed by atoms with van der Waals surface area (Å²) in [5.74, 6) is 0.0655. The van der Waals surface area contributed by atoms with Crippen molar-refractivity contribution in [3.8, 4) is 0 Å². The average molecular weight is 447 g/mol. The van der Waals surface area contributed by atoms with Crippen molar-refractivity contribution in [1.82, 2.24) is 19.6 Å². The first kappa shape index (κ1) is 21.2. The van der Waals surface area contributed by atoms with Gasteiger partial charge in [-0.25, -0.2) is 0 Å². The third kappa shape index (κ3) is 3.97. The van der Waals surface area contributed by atoms with Crippen molar-refractivity contribution in [2.24, 2.45) is 7.05 Å². The van der Waals surface area contributed by atoms with Crippen LogP contribution in [0.25, 0.3) is 0 Å². The number of furan rings is 1. The number of rotatable bonds is 8. The summed E-state index contributed by atoms with van der Waals surface area (Å²) in [6.45, 7) is 0.978. The topological polar surface area (TPSA) is 88.7 Å².